The van der Waals surface area contributed by atoms with Crippen LogP contribution in [-0.4, -0.2) is 63.7 Å². The maximum absolute atomic E-state index is 12.0. The topological polar surface area (TPSA) is 83.3 Å². The van der Waals surface area contributed by atoms with Crippen molar-refractivity contribution >= 4 is 5.91 Å². The zero-order valence-electron chi connectivity index (χ0n) is 15.8. The smallest absolute Gasteiger partial charge is 0.273 e. The third-order valence-corrected chi connectivity index (χ3v) is 5.08. The first kappa shape index (κ1) is 19.5. The van der Waals surface area contributed by atoms with E-state index in [-0.39, 0.29) is 12.5 Å². The number of piperidine rings is 1. The molecule has 0 saturated carbocycles. The second kappa shape index (κ2) is 10.2. The zero-order valence-corrected chi connectivity index (χ0v) is 15.8. The monoisotopic (exact) mass is 371 g/mol. The van der Waals surface area contributed by atoms with Gasteiger partial charge in [-0.1, -0.05) is 35.5 Å². The molecule has 1 aliphatic rings. The molecule has 0 bridgehead atoms. The minimum atomic E-state index is -0.229. The van der Waals surface area contributed by atoms with Crippen molar-refractivity contribution in [1.82, 2.24) is 25.2 Å². The Labute approximate surface area is 160 Å². The van der Waals surface area contributed by atoms with E-state index in [0.29, 0.717) is 24.7 Å². The fraction of sp³-hybridized carbons (Fsp3) is 0.550. The van der Waals surface area contributed by atoms with Crippen LogP contribution >= 0.6 is 0 Å². The zero-order chi connectivity index (χ0) is 18.9. The van der Waals surface area contributed by atoms with Crippen LogP contribution in [0.25, 0.3) is 0 Å². The Balaban J connectivity index is 1.39. The number of hydrogen-bond donors (Lipinski definition) is 2. The Morgan fingerprint density at radius 2 is 1.96 bits per heavy atom. The minimum Gasteiger partial charge on any atom is -0.396 e. The van der Waals surface area contributed by atoms with Crippen molar-refractivity contribution in [2.24, 2.45) is 0 Å². The van der Waals surface area contributed by atoms with E-state index in [4.69, 9.17) is 5.11 Å². The molecule has 7 nitrogen and oxygen atoms in total. The second-order valence-electron chi connectivity index (χ2n) is 7.08. The predicted molar refractivity (Wildman–Crippen MR) is 104 cm³/mol. The van der Waals surface area contributed by atoms with Crippen molar-refractivity contribution in [3.63, 3.8) is 0 Å². The van der Waals surface area contributed by atoms with Crippen molar-refractivity contribution in [3.8, 4) is 0 Å². The van der Waals surface area contributed by atoms with Crippen LogP contribution in [0, 0.1) is 0 Å². The SMILES string of the molecule is O=C(NCCCO)c1cn(C2CCN(CCCc3ccccc3)CC2)nn1. The lowest BCUT2D eigenvalue weighted by molar-refractivity contribution is 0.0946. The van der Waals surface area contributed by atoms with Crippen LogP contribution in [0.15, 0.2) is 36.5 Å². The molecule has 1 aromatic heterocycles. The summed E-state index contributed by atoms with van der Waals surface area (Å²) >= 11 is 0. The molecule has 0 aliphatic carbocycles. The summed E-state index contributed by atoms with van der Waals surface area (Å²) in [5.41, 5.74) is 1.75. The lowest BCUT2D eigenvalue weighted by atomic mass is 10.0. The van der Waals surface area contributed by atoms with Crippen molar-refractivity contribution in [2.75, 3.05) is 32.8 Å². The number of aliphatic hydroxyl groups excluding tert-OH is 1. The molecule has 0 atom stereocenters. The molecular weight excluding hydrogens is 342 g/mol. The van der Waals surface area contributed by atoms with E-state index in [9.17, 15) is 4.79 Å². The molecule has 1 amide bonds. The van der Waals surface area contributed by atoms with Gasteiger partial charge in [-0.2, -0.15) is 0 Å². The van der Waals surface area contributed by atoms with E-state index in [1.54, 1.807) is 6.20 Å². The summed E-state index contributed by atoms with van der Waals surface area (Å²) in [5.74, 6) is -0.229. The molecule has 3 rings (SSSR count). The average Bonchev–Trinajstić information content (AvgIpc) is 3.20. The van der Waals surface area contributed by atoms with Crippen molar-refractivity contribution in [3.05, 3.63) is 47.8 Å². The van der Waals surface area contributed by atoms with Crippen LogP contribution in [-0.2, 0) is 6.42 Å². The molecule has 2 N–H and O–H groups in total. The highest BCUT2D eigenvalue weighted by atomic mass is 16.3. The summed E-state index contributed by atoms with van der Waals surface area (Å²) in [6, 6.07) is 10.9. The van der Waals surface area contributed by atoms with Crippen LogP contribution in [0.1, 0.15) is 47.8 Å². The Morgan fingerprint density at radius 1 is 1.19 bits per heavy atom. The van der Waals surface area contributed by atoms with Gasteiger partial charge in [0.1, 0.15) is 0 Å². The molecule has 27 heavy (non-hydrogen) atoms. The number of aliphatic hydroxyl groups is 1. The average molecular weight is 371 g/mol. The molecule has 1 aliphatic heterocycles. The lowest BCUT2D eigenvalue weighted by Crippen LogP contribution is -2.35. The van der Waals surface area contributed by atoms with E-state index in [1.165, 1.54) is 12.0 Å². The molecule has 0 radical (unpaired) electrons. The summed E-state index contributed by atoms with van der Waals surface area (Å²) < 4.78 is 1.84. The van der Waals surface area contributed by atoms with Crippen molar-refractivity contribution in [1.29, 1.82) is 0 Å². The summed E-state index contributed by atoms with van der Waals surface area (Å²) in [7, 11) is 0. The van der Waals surface area contributed by atoms with Crippen molar-refractivity contribution < 1.29 is 9.90 Å². The molecule has 146 valence electrons. The summed E-state index contributed by atoms with van der Waals surface area (Å²) in [6.07, 6.45) is 6.64. The van der Waals surface area contributed by atoms with Crippen LogP contribution < -0.4 is 5.32 Å². The van der Waals surface area contributed by atoms with E-state index in [0.717, 1.165) is 38.9 Å². The van der Waals surface area contributed by atoms with Gasteiger partial charge in [-0.15, -0.1) is 5.10 Å². The molecule has 1 aromatic carbocycles. The van der Waals surface area contributed by atoms with Gasteiger partial charge in [0.2, 0.25) is 0 Å². The molecule has 0 unspecified atom stereocenters. The van der Waals surface area contributed by atoms with E-state index in [1.807, 2.05) is 4.68 Å². The van der Waals surface area contributed by atoms with Gasteiger partial charge in [0.25, 0.3) is 5.91 Å². The number of benzene rings is 1. The largest absolute Gasteiger partial charge is 0.396 e. The van der Waals surface area contributed by atoms with Gasteiger partial charge in [0.15, 0.2) is 5.69 Å². The molecule has 2 aromatic rings. The van der Waals surface area contributed by atoms with Gasteiger partial charge in [-0.25, -0.2) is 4.68 Å². The number of aromatic nitrogens is 3. The Morgan fingerprint density at radius 3 is 2.70 bits per heavy atom. The van der Waals surface area contributed by atoms with Gasteiger partial charge in [0.05, 0.1) is 12.2 Å². The minimum absolute atomic E-state index is 0.0664. The number of nitrogens with one attached hydrogen (secondary N) is 1. The molecule has 1 saturated heterocycles. The molecule has 2 heterocycles. The third kappa shape index (κ3) is 5.87. The van der Waals surface area contributed by atoms with E-state index < -0.39 is 0 Å². The highest BCUT2D eigenvalue weighted by Crippen LogP contribution is 2.22. The number of hydrogen-bond acceptors (Lipinski definition) is 5. The number of amides is 1. The standard InChI is InChI=1S/C20H29N5O2/c26-15-5-11-21-20(27)19-16-25(23-22-19)18-9-13-24(14-10-18)12-4-8-17-6-2-1-3-7-17/h1-3,6-7,16,18,26H,4-5,8-15H2,(H,21,27). The summed E-state index contributed by atoms with van der Waals surface area (Å²) in [4.78, 5) is 14.5. The Hall–Kier alpha value is -2.25. The number of aryl methyl sites for hydroxylation is 1. The molecular formula is C20H29N5O2. The Bertz CT molecular complexity index is 695. The van der Waals surface area contributed by atoms with E-state index in [2.05, 4.69) is 50.9 Å². The highest BCUT2D eigenvalue weighted by molar-refractivity contribution is 5.91. The predicted octanol–water partition coefficient (Wildman–Crippen LogP) is 1.66. The fourth-order valence-electron chi connectivity index (χ4n) is 3.49. The lowest BCUT2D eigenvalue weighted by Gasteiger charge is -2.31. The van der Waals surface area contributed by atoms with Gasteiger partial charge in [-0.3, -0.25) is 4.79 Å². The third-order valence-electron chi connectivity index (χ3n) is 5.08. The fourth-order valence-corrected chi connectivity index (χ4v) is 3.49. The highest BCUT2D eigenvalue weighted by Gasteiger charge is 2.22. The quantitative estimate of drug-likeness (QED) is 0.655. The summed E-state index contributed by atoms with van der Waals surface area (Å²) in [5, 5.41) is 19.7. The molecule has 1 fully saturated rings. The maximum atomic E-state index is 12.0. The number of carbonyl (C=O) groups excluding carboxylic acids is 1. The van der Waals surface area contributed by atoms with Crippen LogP contribution in [0.4, 0.5) is 0 Å². The maximum Gasteiger partial charge on any atom is 0.273 e. The van der Waals surface area contributed by atoms with E-state index >= 15 is 0 Å². The second-order valence-corrected chi connectivity index (χ2v) is 7.08. The van der Waals surface area contributed by atoms with Gasteiger partial charge >= 0.3 is 0 Å². The number of nitrogens with zero attached hydrogens (tertiary/aromatic N) is 4. The first-order chi connectivity index (χ1) is 13.3. The molecule has 0 spiro atoms. The van der Waals surface area contributed by atoms with Gasteiger partial charge < -0.3 is 15.3 Å². The van der Waals surface area contributed by atoms with Gasteiger partial charge in [-0.05, 0) is 44.2 Å². The van der Waals surface area contributed by atoms with Crippen LogP contribution in [0.3, 0.4) is 0 Å². The van der Waals surface area contributed by atoms with Crippen molar-refractivity contribution in [2.45, 2.75) is 38.1 Å². The number of rotatable bonds is 9. The first-order valence-electron chi connectivity index (χ1n) is 9.83. The molecule has 7 heteroatoms. The number of likely N-dealkylation sites (tertiary alicyclic amines) is 1. The first-order valence-corrected chi connectivity index (χ1v) is 9.83. The van der Waals surface area contributed by atoms with Gasteiger partial charge in [0, 0.05) is 26.2 Å². The normalized spacial score (nSPS) is 15.7. The van der Waals surface area contributed by atoms with Crippen LogP contribution in [0.2, 0.25) is 0 Å². The summed E-state index contributed by atoms with van der Waals surface area (Å²) in [6.45, 7) is 3.74. The Kier molecular flexibility index (Phi) is 7.36. The number of carbonyl (C=O) groups is 1. The van der Waals surface area contributed by atoms with Crippen LogP contribution in [0.5, 0.6) is 0 Å².